The summed E-state index contributed by atoms with van der Waals surface area (Å²) in [5, 5.41) is 4.85. The molecule has 2 heterocycles. The molecule has 27 heavy (non-hydrogen) atoms. The Hall–Kier alpha value is -2.04. The molecule has 142 valence electrons. The second kappa shape index (κ2) is 5.49. The average Bonchev–Trinajstić information content (AvgIpc) is 3.29. The van der Waals surface area contributed by atoms with Crippen molar-refractivity contribution in [1.82, 2.24) is 9.97 Å². The molecule has 5 aliphatic rings. The highest BCUT2D eigenvalue weighted by molar-refractivity contribution is 6.04. The number of ether oxygens (including phenoxy) is 1. The van der Waals surface area contributed by atoms with Gasteiger partial charge in [0.2, 0.25) is 0 Å². The molecule has 2 atom stereocenters. The lowest BCUT2D eigenvalue weighted by Gasteiger charge is -2.59. The van der Waals surface area contributed by atoms with E-state index in [1.165, 1.54) is 32.1 Å². The van der Waals surface area contributed by atoms with Crippen LogP contribution in [0.25, 0.3) is 11.0 Å². The van der Waals surface area contributed by atoms with Crippen molar-refractivity contribution < 1.29 is 9.53 Å². The fourth-order valence-corrected chi connectivity index (χ4v) is 6.55. The van der Waals surface area contributed by atoms with Crippen molar-refractivity contribution in [3.63, 3.8) is 0 Å². The predicted molar refractivity (Wildman–Crippen MR) is 104 cm³/mol. The van der Waals surface area contributed by atoms with Crippen LogP contribution in [-0.2, 0) is 4.74 Å². The molecule has 5 nitrogen and oxygen atoms in total. The van der Waals surface area contributed by atoms with Crippen molar-refractivity contribution in [2.24, 2.45) is 23.2 Å². The van der Waals surface area contributed by atoms with Crippen molar-refractivity contribution in [2.75, 3.05) is 5.32 Å². The largest absolute Gasteiger partial charge is 0.459 e. The van der Waals surface area contributed by atoms with Gasteiger partial charge in [-0.3, -0.25) is 0 Å². The monoisotopic (exact) mass is 365 g/mol. The maximum Gasteiger partial charge on any atom is 0.342 e. The molecule has 2 aromatic heterocycles. The van der Waals surface area contributed by atoms with E-state index >= 15 is 0 Å². The number of H-pyrrole nitrogens is 1. The summed E-state index contributed by atoms with van der Waals surface area (Å²) >= 11 is 0. The van der Waals surface area contributed by atoms with Gasteiger partial charge in [0.15, 0.2) is 0 Å². The van der Waals surface area contributed by atoms with Gasteiger partial charge in [-0.25, -0.2) is 9.78 Å². The van der Waals surface area contributed by atoms with Gasteiger partial charge in [0.05, 0.1) is 5.69 Å². The van der Waals surface area contributed by atoms with E-state index in [-0.39, 0.29) is 12.1 Å². The Kier molecular flexibility index (Phi) is 3.25. The lowest BCUT2D eigenvalue weighted by molar-refractivity contribution is -0.0504. The van der Waals surface area contributed by atoms with Crippen molar-refractivity contribution >= 4 is 22.7 Å². The van der Waals surface area contributed by atoms with Gasteiger partial charge in [-0.2, -0.15) is 0 Å². The predicted octanol–water partition coefficient (Wildman–Crippen LogP) is 4.51. The summed E-state index contributed by atoms with van der Waals surface area (Å²) in [6.07, 6.45) is 12.4. The highest BCUT2D eigenvalue weighted by Gasteiger charge is 2.53. The zero-order valence-corrected chi connectivity index (χ0v) is 15.8. The quantitative estimate of drug-likeness (QED) is 0.783. The van der Waals surface area contributed by atoms with Crippen molar-refractivity contribution in [3.8, 4) is 0 Å². The first-order chi connectivity index (χ1) is 13.1. The van der Waals surface area contributed by atoms with Crippen LogP contribution in [-0.4, -0.2) is 28.1 Å². The van der Waals surface area contributed by atoms with E-state index in [2.05, 4.69) is 22.2 Å². The smallest absolute Gasteiger partial charge is 0.342 e. The van der Waals surface area contributed by atoms with Crippen LogP contribution >= 0.6 is 0 Å². The molecule has 0 aliphatic heterocycles. The molecule has 5 fully saturated rings. The number of nitrogens with one attached hydrogen (secondary N) is 2. The van der Waals surface area contributed by atoms with Gasteiger partial charge in [0.1, 0.15) is 17.3 Å². The van der Waals surface area contributed by atoms with Gasteiger partial charge in [-0.1, -0.05) is 6.92 Å². The Morgan fingerprint density at radius 2 is 2.04 bits per heavy atom. The fraction of sp³-hybridized carbons (Fsp3) is 0.636. The molecule has 5 heteroatoms. The third-order valence-corrected chi connectivity index (χ3v) is 7.49. The topological polar surface area (TPSA) is 67.0 Å². The van der Waals surface area contributed by atoms with Gasteiger partial charge >= 0.3 is 5.97 Å². The van der Waals surface area contributed by atoms with Gasteiger partial charge < -0.3 is 15.0 Å². The summed E-state index contributed by atoms with van der Waals surface area (Å²) in [7, 11) is 0. The first-order valence-electron chi connectivity index (χ1n) is 10.5. The minimum absolute atomic E-state index is 0.105. The summed E-state index contributed by atoms with van der Waals surface area (Å²) < 4.78 is 5.61. The molecule has 5 aliphatic carbocycles. The Morgan fingerprint density at radius 1 is 1.26 bits per heavy atom. The first kappa shape index (κ1) is 16.0. The van der Waals surface area contributed by atoms with E-state index in [0.29, 0.717) is 17.0 Å². The average molecular weight is 365 g/mol. The standard InChI is InChI=1S/C22H27N3O2/c1-22-8-12-6-13(9-22)18(14(7-12)10-22)25-19-16-4-5-23-20(16)24-11-17(19)21(26)27-15-2-3-15/h4-5,11-15,18H,2-3,6-10H2,1H3,(H2,23,24,25). The van der Waals surface area contributed by atoms with E-state index in [4.69, 9.17) is 4.74 Å². The van der Waals surface area contributed by atoms with Crippen LogP contribution in [0, 0.1) is 23.2 Å². The molecule has 2 unspecified atom stereocenters. The molecule has 0 aromatic carbocycles. The molecule has 0 radical (unpaired) electrons. The normalized spacial score (nSPS) is 36.9. The number of hydrogen-bond acceptors (Lipinski definition) is 4. The SMILES string of the molecule is CC12CC3CC(C1)C(Nc1c(C(=O)OC4CC4)cnc4[nH]ccc14)C(C3)C2. The molecule has 7 rings (SSSR count). The number of esters is 1. The van der Waals surface area contributed by atoms with E-state index < -0.39 is 0 Å². The third kappa shape index (κ3) is 2.58. The molecular weight excluding hydrogens is 338 g/mol. The van der Waals surface area contributed by atoms with Crippen LogP contribution in [0.4, 0.5) is 5.69 Å². The molecule has 4 bridgehead atoms. The van der Waals surface area contributed by atoms with E-state index in [0.717, 1.165) is 47.3 Å². The third-order valence-electron chi connectivity index (χ3n) is 7.49. The maximum absolute atomic E-state index is 12.8. The van der Waals surface area contributed by atoms with Gasteiger partial charge in [-0.05, 0) is 74.2 Å². The summed E-state index contributed by atoms with van der Waals surface area (Å²) in [6.45, 7) is 2.49. The highest BCUT2D eigenvalue weighted by Crippen LogP contribution is 2.60. The number of pyridine rings is 1. The van der Waals surface area contributed by atoms with Gasteiger partial charge in [0.25, 0.3) is 0 Å². The van der Waals surface area contributed by atoms with E-state index in [1.54, 1.807) is 6.20 Å². The van der Waals surface area contributed by atoms with Crippen molar-refractivity contribution in [2.45, 2.75) is 64.0 Å². The molecule has 2 N–H and O–H groups in total. The Balaban J connectivity index is 1.36. The molecule has 0 saturated heterocycles. The Labute approximate surface area is 159 Å². The van der Waals surface area contributed by atoms with Gasteiger partial charge in [0, 0.05) is 23.8 Å². The van der Waals surface area contributed by atoms with E-state index in [1.807, 2.05) is 12.3 Å². The summed E-state index contributed by atoms with van der Waals surface area (Å²) in [5.41, 5.74) is 2.89. The van der Waals surface area contributed by atoms with Crippen LogP contribution in [0.5, 0.6) is 0 Å². The molecule has 0 spiro atoms. The minimum Gasteiger partial charge on any atom is -0.459 e. The molecule has 0 amide bonds. The first-order valence-corrected chi connectivity index (χ1v) is 10.5. The number of fused-ring (bicyclic) bond motifs is 1. The Bertz CT molecular complexity index is 899. The van der Waals surface area contributed by atoms with Crippen LogP contribution in [0.1, 0.15) is 62.2 Å². The Morgan fingerprint density at radius 3 is 2.74 bits per heavy atom. The van der Waals surface area contributed by atoms with Crippen molar-refractivity contribution in [1.29, 1.82) is 0 Å². The number of anilines is 1. The van der Waals surface area contributed by atoms with E-state index in [9.17, 15) is 4.79 Å². The van der Waals surface area contributed by atoms with Crippen LogP contribution < -0.4 is 5.32 Å². The summed E-state index contributed by atoms with van der Waals surface area (Å²) in [6, 6.07) is 2.48. The van der Waals surface area contributed by atoms with Crippen LogP contribution in [0.3, 0.4) is 0 Å². The minimum atomic E-state index is -0.230. The number of aromatic nitrogens is 2. The van der Waals surface area contributed by atoms with Crippen LogP contribution in [0.2, 0.25) is 0 Å². The molecule has 2 aromatic rings. The number of rotatable bonds is 4. The van der Waals surface area contributed by atoms with Crippen LogP contribution in [0.15, 0.2) is 18.5 Å². The number of carbonyl (C=O) groups is 1. The number of hydrogen-bond donors (Lipinski definition) is 2. The molecule has 5 saturated carbocycles. The fourth-order valence-electron chi connectivity index (χ4n) is 6.55. The lowest BCUT2D eigenvalue weighted by atomic mass is 9.48. The lowest BCUT2D eigenvalue weighted by Crippen LogP contribution is -2.55. The summed E-state index contributed by atoms with van der Waals surface area (Å²) in [4.78, 5) is 20.4. The maximum atomic E-state index is 12.8. The second-order valence-corrected chi connectivity index (χ2v) is 9.84. The zero-order valence-electron chi connectivity index (χ0n) is 15.8. The number of nitrogens with zero attached hydrogens (tertiary/aromatic N) is 1. The highest BCUT2D eigenvalue weighted by atomic mass is 16.5. The number of carbonyl (C=O) groups excluding carboxylic acids is 1. The van der Waals surface area contributed by atoms with Crippen molar-refractivity contribution in [3.05, 3.63) is 24.0 Å². The molecular formula is C22H27N3O2. The second-order valence-electron chi connectivity index (χ2n) is 9.84. The zero-order chi connectivity index (χ0) is 18.2. The summed E-state index contributed by atoms with van der Waals surface area (Å²) in [5.74, 6) is 2.12. The number of aromatic amines is 1. The van der Waals surface area contributed by atoms with Gasteiger partial charge in [-0.15, -0.1) is 0 Å².